The number of esters is 2. The van der Waals surface area contributed by atoms with E-state index >= 15 is 0 Å². The number of carbonyl (C=O) groups is 2. The SMILES string of the molecule is CC1(C)OC(=O)C(=CNc2ccccc2OC2COC2)C(=O)O1. The average Bonchev–Trinajstić information content (AvgIpc) is 2.42. The van der Waals surface area contributed by atoms with Crippen LogP contribution >= 0.6 is 0 Å². The molecule has 0 spiro atoms. The molecule has 3 rings (SSSR count). The standard InChI is InChI=1S/C16H17NO6/c1-16(2)22-14(18)11(15(19)23-16)7-17-12-5-3-4-6-13(12)21-10-8-20-9-10/h3-7,10,17H,8-9H2,1-2H3. The van der Waals surface area contributed by atoms with Gasteiger partial charge in [0.15, 0.2) is 5.57 Å². The zero-order chi connectivity index (χ0) is 16.4. The Balaban J connectivity index is 1.74. The van der Waals surface area contributed by atoms with Crippen LogP contribution in [0.25, 0.3) is 0 Å². The molecule has 2 fully saturated rings. The van der Waals surface area contributed by atoms with Crippen LogP contribution in [0.5, 0.6) is 5.75 Å². The van der Waals surface area contributed by atoms with Crippen molar-refractivity contribution in [1.29, 1.82) is 0 Å². The van der Waals surface area contributed by atoms with E-state index < -0.39 is 17.7 Å². The zero-order valence-electron chi connectivity index (χ0n) is 12.8. The lowest BCUT2D eigenvalue weighted by atomic mass is 10.2. The van der Waals surface area contributed by atoms with E-state index in [-0.39, 0.29) is 11.7 Å². The van der Waals surface area contributed by atoms with Crippen LogP contribution < -0.4 is 10.1 Å². The summed E-state index contributed by atoms with van der Waals surface area (Å²) in [7, 11) is 0. The van der Waals surface area contributed by atoms with Gasteiger partial charge >= 0.3 is 11.9 Å². The van der Waals surface area contributed by atoms with Crippen molar-refractivity contribution in [2.24, 2.45) is 0 Å². The van der Waals surface area contributed by atoms with Crippen molar-refractivity contribution in [1.82, 2.24) is 0 Å². The summed E-state index contributed by atoms with van der Waals surface area (Å²) < 4.78 is 20.9. The molecule has 1 N–H and O–H groups in total. The zero-order valence-corrected chi connectivity index (χ0v) is 12.8. The number of cyclic esters (lactones) is 2. The Morgan fingerprint density at radius 1 is 1.17 bits per heavy atom. The fourth-order valence-corrected chi connectivity index (χ4v) is 2.08. The number of anilines is 1. The first kappa shape index (κ1) is 15.4. The number of hydrogen-bond donors (Lipinski definition) is 1. The number of carbonyl (C=O) groups excluding carboxylic acids is 2. The second-order valence-corrected chi connectivity index (χ2v) is 5.65. The molecular formula is C16H17NO6. The minimum absolute atomic E-state index is 0.0102. The molecule has 1 aromatic carbocycles. The molecule has 0 aromatic heterocycles. The van der Waals surface area contributed by atoms with Gasteiger partial charge in [0.1, 0.15) is 11.9 Å². The fourth-order valence-electron chi connectivity index (χ4n) is 2.08. The van der Waals surface area contributed by atoms with Crippen LogP contribution in [0.3, 0.4) is 0 Å². The molecule has 0 bridgehead atoms. The second-order valence-electron chi connectivity index (χ2n) is 5.65. The topological polar surface area (TPSA) is 83.1 Å². The van der Waals surface area contributed by atoms with Gasteiger partial charge < -0.3 is 24.3 Å². The lowest BCUT2D eigenvalue weighted by Gasteiger charge is -2.30. The molecule has 7 heteroatoms. The van der Waals surface area contributed by atoms with Crippen molar-refractivity contribution in [2.45, 2.75) is 25.7 Å². The Hall–Kier alpha value is -2.54. The minimum atomic E-state index is -1.25. The summed E-state index contributed by atoms with van der Waals surface area (Å²) in [4.78, 5) is 23.8. The van der Waals surface area contributed by atoms with Gasteiger partial charge in [-0.25, -0.2) is 9.59 Å². The van der Waals surface area contributed by atoms with Gasteiger partial charge in [0.2, 0.25) is 0 Å². The minimum Gasteiger partial charge on any atom is -0.483 e. The maximum atomic E-state index is 11.9. The maximum Gasteiger partial charge on any atom is 0.350 e. The van der Waals surface area contributed by atoms with Crippen LogP contribution in [0.4, 0.5) is 5.69 Å². The predicted octanol–water partition coefficient (Wildman–Crippen LogP) is 1.60. The average molecular weight is 319 g/mol. The van der Waals surface area contributed by atoms with Crippen LogP contribution in [-0.4, -0.2) is 37.0 Å². The Morgan fingerprint density at radius 3 is 2.43 bits per heavy atom. The Bertz CT molecular complexity index is 640. The molecule has 122 valence electrons. The third kappa shape index (κ3) is 3.45. The van der Waals surface area contributed by atoms with Gasteiger partial charge in [-0.3, -0.25) is 0 Å². The molecular weight excluding hydrogens is 302 g/mol. The van der Waals surface area contributed by atoms with Gasteiger partial charge in [0.05, 0.1) is 18.9 Å². The lowest BCUT2D eigenvalue weighted by molar-refractivity contribution is -0.222. The molecule has 0 aliphatic carbocycles. The number of ether oxygens (including phenoxy) is 4. The van der Waals surface area contributed by atoms with Crippen molar-refractivity contribution < 1.29 is 28.5 Å². The largest absolute Gasteiger partial charge is 0.483 e. The van der Waals surface area contributed by atoms with Gasteiger partial charge in [-0.1, -0.05) is 12.1 Å². The van der Waals surface area contributed by atoms with E-state index in [1.807, 2.05) is 12.1 Å². The summed E-state index contributed by atoms with van der Waals surface area (Å²) in [6.07, 6.45) is 1.27. The molecule has 7 nitrogen and oxygen atoms in total. The number of para-hydroxylation sites is 2. The molecule has 0 radical (unpaired) electrons. The molecule has 2 saturated heterocycles. The van der Waals surface area contributed by atoms with Gasteiger partial charge in [-0.15, -0.1) is 0 Å². The van der Waals surface area contributed by atoms with E-state index in [0.29, 0.717) is 24.7 Å². The van der Waals surface area contributed by atoms with Crippen LogP contribution in [-0.2, 0) is 23.8 Å². The summed E-state index contributed by atoms with van der Waals surface area (Å²) in [5.74, 6) is -2.11. The van der Waals surface area contributed by atoms with E-state index in [1.165, 1.54) is 20.0 Å². The highest BCUT2D eigenvalue weighted by Crippen LogP contribution is 2.27. The second kappa shape index (κ2) is 5.92. The van der Waals surface area contributed by atoms with Gasteiger partial charge in [-0.05, 0) is 12.1 Å². The van der Waals surface area contributed by atoms with Crippen molar-refractivity contribution in [2.75, 3.05) is 18.5 Å². The first-order valence-electron chi connectivity index (χ1n) is 7.21. The predicted molar refractivity (Wildman–Crippen MR) is 79.6 cm³/mol. The fraction of sp³-hybridized carbons (Fsp3) is 0.375. The third-order valence-corrected chi connectivity index (χ3v) is 3.28. The van der Waals surface area contributed by atoms with Crippen molar-refractivity contribution >= 4 is 17.6 Å². The van der Waals surface area contributed by atoms with Crippen molar-refractivity contribution in [3.05, 3.63) is 36.0 Å². The molecule has 2 aliphatic rings. The van der Waals surface area contributed by atoms with Crippen LogP contribution in [0.1, 0.15) is 13.8 Å². The molecule has 0 saturated carbocycles. The highest BCUT2D eigenvalue weighted by molar-refractivity contribution is 6.15. The van der Waals surface area contributed by atoms with Gasteiger partial charge in [0.25, 0.3) is 5.79 Å². The number of nitrogens with one attached hydrogen (secondary N) is 1. The molecule has 0 unspecified atom stereocenters. The quantitative estimate of drug-likeness (QED) is 0.512. The van der Waals surface area contributed by atoms with Crippen LogP contribution in [0, 0.1) is 0 Å². The summed E-state index contributed by atoms with van der Waals surface area (Å²) >= 11 is 0. The first-order chi connectivity index (χ1) is 10.9. The van der Waals surface area contributed by atoms with E-state index in [9.17, 15) is 9.59 Å². The molecule has 2 heterocycles. The number of benzene rings is 1. The normalized spacial score (nSPS) is 20.2. The smallest absolute Gasteiger partial charge is 0.350 e. The van der Waals surface area contributed by atoms with Crippen LogP contribution in [0.2, 0.25) is 0 Å². The Labute approximate surface area is 133 Å². The van der Waals surface area contributed by atoms with E-state index in [2.05, 4.69) is 5.32 Å². The molecule has 0 amide bonds. The van der Waals surface area contributed by atoms with E-state index in [1.54, 1.807) is 12.1 Å². The van der Waals surface area contributed by atoms with E-state index in [0.717, 1.165) is 0 Å². The maximum absolute atomic E-state index is 11.9. The summed E-state index contributed by atoms with van der Waals surface area (Å²) in [6, 6.07) is 7.21. The van der Waals surface area contributed by atoms with Crippen molar-refractivity contribution in [3.63, 3.8) is 0 Å². The molecule has 0 atom stereocenters. The Kier molecular flexibility index (Phi) is 3.96. The number of hydrogen-bond acceptors (Lipinski definition) is 7. The molecule has 2 aliphatic heterocycles. The molecule has 1 aromatic rings. The summed E-state index contributed by atoms with van der Waals surface area (Å²) in [5, 5.41) is 2.90. The first-order valence-corrected chi connectivity index (χ1v) is 7.21. The van der Waals surface area contributed by atoms with Crippen LogP contribution in [0.15, 0.2) is 36.0 Å². The number of rotatable bonds is 4. The third-order valence-electron chi connectivity index (χ3n) is 3.28. The highest BCUT2D eigenvalue weighted by atomic mass is 16.7. The van der Waals surface area contributed by atoms with E-state index in [4.69, 9.17) is 18.9 Å². The monoisotopic (exact) mass is 319 g/mol. The summed E-state index contributed by atoms with van der Waals surface area (Å²) in [6.45, 7) is 4.08. The molecule has 23 heavy (non-hydrogen) atoms. The van der Waals surface area contributed by atoms with Gasteiger partial charge in [0, 0.05) is 20.0 Å². The Morgan fingerprint density at radius 2 is 1.83 bits per heavy atom. The lowest BCUT2D eigenvalue weighted by Crippen LogP contribution is -2.42. The van der Waals surface area contributed by atoms with Gasteiger partial charge in [-0.2, -0.15) is 0 Å². The summed E-state index contributed by atoms with van der Waals surface area (Å²) in [5.41, 5.74) is 0.420. The highest BCUT2D eigenvalue weighted by Gasteiger charge is 2.39. The van der Waals surface area contributed by atoms with Crippen molar-refractivity contribution in [3.8, 4) is 5.75 Å².